The van der Waals surface area contributed by atoms with Gasteiger partial charge in [0.25, 0.3) is 0 Å². The Kier molecular flexibility index (Phi) is 5.66. The van der Waals surface area contributed by atoms with Gasteiger partial charge in [0.05, 0.1) is 17.3 Å². The molecule has 6 nitrogen and oxygen atoms in total. The van der Waals surface area contributed by atoms with Crippen molar-refractivity contribution in [3.05, 3.63) is 29.3 Å². The fourth-order valence-electron chi connectivity index (χ4n) is 1.06. The minimum atomic E-state index is -0.699. The lowest BCUT2D eigenvalue weighted by Gasteiger charge is -2.04. The van der Waals surface area contributed by atoms with Crippen LogP contribution in [0.3, 0.4) is 0 Å². The van der Waals surface area contributed by atoms with Gasteiger partial charge in [-0.05, 0) is 19.1 Å². The second-order valence-corrected chi connectivity index (χ2v) is 3.46. The predicted molar refractivity (Wildman–Crippen MR) is 69.4 cm³/mol. The summed E-state index contributed by atoms with van der Waals surface area (Å²) in [5, 5.41) is 15.4. The van der Waals surface area contributed by atoms with Crippen LogP contribution in [-0.2, 0) is 9.53 Å². The zero-order valence-electron chi connectivity index (χ0n) is 9.63. The number of hydrazone groups is 1. The highest BCUT2D eigenvalue weighted by molar-refractivity contribution is 6.59. The monoisotopic (exact) mass is 269 g/mol. The number of esters is 1. The Morgan fingerprint density at radius 1 is 1.56 bits per heavy atom. The van der Waals surface area contributed by atoms with Crippen molar-refractivity contribution in [2.24, 2.45) is 10.3 Å². The highest BCUT2D eigenvalue weighted by Gasteiger charge is 2.10. The molecule has 1 aromatic carbocycles. The van der Waals surface area contributed by atoms with Crippen molar-refractivity contribution >= 4 is 35.2 Å². The Morgan fingerprint density at radius 3 is 2.89 bits per heavy atom. The fourth-order valence-corrected chi connectivity index (χ4v) is 1.24. The van der Waals surface area contributed by atoms with Crippen LogP contribution in [0.4, 0.5) is 5.69 Å². The first-order valence-corrected chi connectivity index (χ1v) is 5.49. The number of nitrogens with one attached hydrogen (secondary N) is 1. The van der Waals surface area contributed by atoms with Crippen LogP contribution in [0.5, 0.6) is 0 Å². The van der Waals surface area contributed by atoms with Gasteiger partial charge in [-0.3, -0.25) is 5.43 Å². The Labute approximate surface area is 109 Å². The SMILES string of the molecule is CCOC(=O)C(/C=N/O)=N/Nc1ccccc1Cl. The van der Waals surface area contributed by atoms with Crippen molar-refractivity contribution in [2.45, 2.75) is 6.92 Å². The molecule has 0 aliphatic heterocycles. The summed E-state index contributed by atoms with van der Waals surface area (Å²) < 4.78 is 4.73. The molecule has 0 saturated heterocycles. The van der Waals surface area contributed by atoms with Gasteiger partial charge in [0.1, 0.15) is 6.21 Å². The fraction of sp³-hybridized carbons (Fsp3) is 0.182. The van der Waals surface area contributed by atoms with Gasteiger partial charge in [-0.25, -0.2) is 4.79 Å². The van der Waals surface area contributed by atoms with Crippen LogP contribution in [0.2, 0.25) is 5.02 Å². The standard InChI is InChI=1S/C11H12ClN3O3/c1-2-18-11(16)10(7-13-17)15-14-9-6-4-3-5-8(9)12/h3-7,14,17H,2H2,1H3/b13-7+,15-10+. The Balaban J connectivity index is 2.84. The number of rotatable bonds is 5. The van der Waals surface area contributed by atoms with Crippen molar-refractivity contribution in [3.8, 4) is 0 Å². The predicted octanol–water partition coefficient (Wildman–Crippen LogP) is 2.13. The van der Waals surface area contributed by atoms with Crippen molar-refractivity contribution in [1.29, 1.82) is 0 Å². The number of nitrogens with zero attached hydrogens (tertiary/aromatic N) is 2. The number of ether oxygens (including phenoxy) is 1. The van der Waals surface area contributed by atoms with E-state index in [1.807, 2.05) is 0 Å². The van der Waals surface area contributed by atoms with Crippen LogP contribution in [-0.4, -0.2) is 29.7 Å². The molecule has 1 rings (SSSR count). The third kappa shape index (κ3) is 4.06. The maximum Gasteiger partial charge on any atom is 0.360 e. The smallest absolute Gasteiger partial charge is 0.360 e. The first kappa shape index (κ1) is 14.0. The molecule has 2 N–H and O–H groups in total. The van der Waals surface area contributed by atoms with Gasteiger partial charge in [0.15, 0.2) is 5.71 Å². The molecule has 96 valence electrons. The third-order valence-electron chi connectivity index (χ3n) is 1.84. The number of carbonyl (C=O) groups is 1. The molecule has 0 spiro atoms. The molecule has 0 atom stereocenters. The lowest BCUT2D eigenvalue weighted by atomic mass is 10.3. The normalized spacial score (nSPS) is 11.6. The van der Waals surface area contributed by atoms with Crippen molar-refractivity contribution < 1.29 is 14.7 Å². The van der Waals surface area contributed by atoms with Crippen molar-refractivity contribution in [3.63, 3.8) is 0 Å². The van der Waals surface area contributed by atoms with Crippen LogP contribution in [0.1, 0.15) is 6.92 Å². The summed E-state index contributed by atoms with van der Waals surface area (Å²) in [6.07, 6.45) is 0.877. The van der Waals surface area contributed by atoms with E-state index in [9.17, 15) is 4.79 Å². The highest BCUT2D eigenvalue weighted by Crippen LogP contribution is 2.20. The number of halogens is 1. The number of hydrogen-bond acceptors (Lipinski definition) is 6. The summed E-state index contributed by atoms with van der Waals surface area (Å²) in [6, 6.07) is 6.88. The molecule has 0 radical (unpaired) electrons. The number of anilines is 1. The van der Waals surface area contributed by atoms with E-state index >= 15 is 0 Å². The van der Waals surface area contributed by atoms with Gasteiger partial charge in [-0.1, -0.05) is 28.9 Å². The number of para-hydroxylation sites is 1. The molecule has 0 aliphatic rings. The molecule has 0 aliphatic carbocycles. The zero-order valence-corrected chi connectivity index (χ0v) is 10.4. The average molecular weight is 270 g/mol. The minimum absolute atomic E-state index is 0.167. The van der Waals surface area contributed by atoms with Crippen LogP contribution < -0.4 is 5.43 Å². The number of benzene rings is 1. The van der Waals surface area contributed by atoms with E-state index in [-0.39, 0.29) is 12.3 Å². The molecule has 0 aromatic heterocycles. The van der Waals surface area contributed by atoms with Gasteiger partial charge in [-0.15, -0.1) is 0 Å². The minimum Gasteiger partial charge on any atom is -0.461 e. The second-order valence-electron chi connectivity index (χ2n) is 3.05. The summed E-state index contributed by atoms with van der Waals surface area (Å²) in [6.45, 7) is 1.86. The molecular weight excluding hydrogens is 258 g/mol. The molecule has 7 heteroatoms. The van der Waals surface area contributed by atoms with Crippen molar-refractivity contribution in [1.82, 2.24) is 0 Å². The number of oxime groups is 1. The molecule has 0 unspecified atom stereocenters. The molecule has 0 bridgehead atoms. The van der Waals surface area contributed by atoms with E-state index < -0.39 is 5.97 Å². The lowest BCUT2D eigenvalue weighted by molar-refractivity contribution is -0.134. The summed E-state index contributed by atoms with van der Waals surface area (Å²) >= 11 is 5.89. The molecule has 0 fully saturated rings. The maximum atomic E-state index is 11.4. The van der Waals surface area contributed by atoms with Crippen molar-refractivity contribution in [2.75, 3.05) is 12.0 Å². The molecule has 0 amide bonds. The van der Waals surface area contributed by atoms with Gasteiger partial charge in [-0.2, -0.15) is 5.10 Å². The molecule has 0 saturated carbocycles. The van der Waals surface area contributed by atoms with Gasteiger partial charge in [0.2, 0.25) is 0 Å². The molecule has 0 heterocycles. The van der Waals surface area contributed by atoms with Crippen LogP contribution in [0.15, 0.2) is 34.5 Å². The van der Waals surface area contributed by atoms with Gasteiger partial charge < -0.3 is 9.94 Å². The maximum absolute atomic E-state index is 11.4. The van der Waals surface area contributed by atoms with E-state index in [1.165, 1.54) is 0 Å². The lowest BCUT2D eigenvalue weighted by Crippen LogP contribution is -2.20. The Morgan fingerprint density at radius 2 is 2.28 bits per heavy atom. The number of hydrogen-bond donors (Lipinski definition) is 2. The van der Waals surface area contributed by atoms with E-state index in [0.29, 0.717) is 10.7 Å². The topological polar surface area (TPSA) is 83.3 Å². The summed E-state index contributed by atoms with van der Waals surface area (Å²) in [7, 11) is 0. The average Bonchev–Trinajstić information content (AvgIpc) is 2.36. The first-order chi connectivity index (χ1) is 8.69. The third-order valence-corrected chi connectivity index (χ3v) is 2.16. The molecular formula is C11H12ClN3O3. The zero-order chi connectivity index (χ0) is 13.4. The van der Waals surface area contributed by atoms with E-state index in [1.54, 1.807) is 31.2 Å². The molecule has 1 aromatic rings. The highest BCUT2D eigenvalue weighted by atomic mass is 35.5. The van der Waals surface area contributed by atoms with E-state index in [0.717, 1.165) is 6.21 Å². The largest absolute Gasteiger partial charge is 0.461 e. The van der Waals surface area contributed by atoms with Crippen LogP contribution >= 0.6 is 11.6 Å². The Bertz CT molecular complexity index is 474. The van der Waals surface area contributed by atoms with E-state index in [4.69, 9.17) is 21.5 Å². The van der Waals surface area contributed by atoms with Crippen LogP contribution in [0, 0.1) is 0 Å². The molecule has 18 heavy (non-hydrogen) atoms. The Hall–Kier alpha value is -2.08. The van der Waals surface area contributed by atoms with E-state index in [2.05, 4.69) is 15.7 Å². The summed E-state index contributed by atoms with van der Waals surface area (Å²) in [5.74, 6) is -0.699. The second kappa shape index (κ2) is 7.29. The summed E-state index contributed by atoms with van der Waals surface area (Å²) in [4.78, 5) is 11.4. The quantitative estimate of drug-likeness (QED) is 0.371. The van der Waals surface area contributed by atoms with Gasteiger partial charge >= 0.3 is 5.97 Å². The number of carbonyl (C=O) groups excluding carboxylic acids is 1. The van der Waals surface area contributed by atoms with Crippen LogP contribution in [0.25, 0.3) is 0 Å². The van der Waals surface area contributed by atoms with Gasteiger partial charge in [0, 0.05) is 0 Å². The summed E-state index contributed by atoms with van der Waals surface area (Å²) in [5.41, 5.74) is 2.94. The first-order valence-electron chi connectivity index (χ1n) is 5.11.